The van der Waals surface area contributed by atoms with Gasteiger partial charge in [-0.2, -0.15) is 0 Å². The highest BCUT2D eigenvalue weighted by Crippen LogP contribution is 2.22. The van der Waals surface area contributed by atoms with Crippen LogP contribution in [0.25, 0.3) is 0 Å². The Morgan fingerprint density at radius 1 is 1.45 bits per heavy atom. The van der Waals surface area contributed by atoms with Crippen LogP contribution in [0.5, 0.6) is 0 Å². The molecule has 0 spiro atoms. The minimum atomic E-state index is -0.269. The largest absolute Gasteiger partial charge is 0.392 e. The summed E-state index contributed by atoms with van der Waals surface area (Å²) >= 11 is 0. The van der Waals surface area contributed by atoms with Crippen molar-refractivity contribution in [1.29, 1.82) is 0 Å². The average Bonchev–Trinajstić information content (AvgIpc) is 2.71. The number of β-amino-alcohol motifs (C(OH)–C–C–N with tert-alkyl or cyclic N) is 1. The van der Waals surface area contributed by atoms with Crippen LogP contribution >= 0.6 is 0 Å². The van der Waals surface area contributed by atoms with Crippen molar-refractivity contribution in [2.45, 2.75) is 31.7 Å². The molecule has 2 unspecified atom stereocenters. The Labute approximate surface area is 120 Å². The molecule has 0 aliphatic carbocycles. The Bertz CT molecular complexity index is 453. The van der Waals surface area contributed by atoms with E-state index in [1.807, 2.05) is 20.2 Å². The van der Waals surface area contributed by atoms with Crippen LogP contribution in [0.15, 0.2) is 18.2 Å². The van der Waals surface area contributed by atoms with Crippen molar-refractivity contribution in [3.8, 4) is 0 Å². The highest BCUT2D eigenvalue weighted by Gasteiger charge is 2.31. The van der Waals surface area contributed by atoms with Gasteiger partial charge in [0.25, 0.3) is 0 Å². The molecule has 3 N–H and O–H groups in total. The number of aliphatic hydroxyl groups excluding tert-OH is 1. The molecule has 5 heteroatoms. The molecule has 1 heterocycles. The number of aliphatic hydroxyl groups is 1. The summed E-state index contributed by atoms with van der Waals surface area (Å²) in [6, 6.07) is 5.44. The molecule has 2 atom stereocenters. The summed E-state index contributed by atoms with van der Waals surface area (Å²) in [5.41, 5.74) is 7.14. The van der Waals surface area contributed by atoms with E-state index in [1.54, 1.807) is 6.07 Å². The average molecular weight is 281 g/mol. The quantitative estimate of drug-likeness (QED) is 0.837. The van der Waals surface area contributed by atoms with Gasteiger partial charge in [-0.05, 0) is 32.1 Å². The lowest BCUT2D eigenvalue weighted by atomic mass is 10.1. The van der Waals surface area contributed by atoms with Crippen LogP contribution in [0.1, 0.15) is 17.5 Å². The van der Waals surface area contributed by atoms with Crippen LogP contribution in [0.2, 0.25) is 0 Å². The number of rotatable bonds is 5. The number of nitrogens with two attached hydrogens (primary N) is 1. The molecular formula is C15H24FN3O. The number of benzene rings is 1. The maximum atomic E-state index is 13.5. The minimum absolute atomic E-state index is 0.212. The fourth-order valence-electron chi connectivity index (χ4n) is 2.88. The predicted molar refractivity (Wildman–Crippen MR) is 77.7 cm³/mol. The molecule has 1 fully saturated rings. The Morgan fingerprint density at radius 2 is 2.20 bits per heavy atom. The van der Waals surface area contributed by atoms with E-state index >= 15 is 0 Å². The Morgan fingerprint density at radius 3 is 2.85 bits per heavy atom. The smallest absolute Gasteiger partial charge is 0.127 e. The van der Waals surface area contributed by atoms with Gasteiger partial charge in [0.1, 0.15) is 5.82 Å². The maximum Gasteiger partial charge on any atom is 0.127 e. The number of likely N-dealkylation sites (N-methyl/N-ethyl adjacent to an activating group) is 1. The molecule has 0 amide bonds. The molecule has 4 nitrogen and oxygen atoms in total. The van der Waals surface area contributed by atoms with Crippen molar-refractivity contribution in [2.24, 2.45) is 5.73 Å². The molecule has 1 aromatic carbocycles. The molecule has 1 aliphatic rings. The van der Waals surface area contributed by atoms with E-state index in [0.29, 0.717) is 18.2 Å². The molecule has 0 aromatic heterocycles. The first kappa shape index (κ1) is 15.4. The van der Waals surface area contributed by atoms with Gasteiger partial charge in [0.15, 0.2) is 0 Å². The summed E-state index contributed by atoms with van der Waals surface area (Å²) in [5, 5.41) is 9.87. The third-order valence-electron chi connectivity index (χ3n) is 3.80. The van der Waals surface area contributed by atoms with Crippen LogP contribution in [0.4, 0.5) is 4.39 Å². The summed E-state index contributed by atoms with van der Waals surface area (Å²) in [4.78, 5) is 4.39. The van der Waals surface area contributed by atoms with E-state index in [4.69, 9.17) is 5.73 Å². The Kier molecular flexibility index (Phi) is 5.10. The van der Waals surface area contributed by atoms with Gasteiger partial charge in [-0.25, -0.2) is 4.39 Å². The number of likely N-dealkylation sites (tertiary alicyclic amines) is 1. The topological polar surface area (TPSA) is 52.7 Å². The lowest BCUT2D eigenvalue weighted by Gasteiger charge is -2.26. The molecule has 0 bridgehead atoms. The number of hydrogen-bond acceptors (Lipinski definition) is 4. The van der Waals surface area contributed by atoms with E-state index in [1.165, 1.54) is 6.07 Å². The molecule has 112 valence electrons. The molecule has 20 heavy (non-hydrogen) atoms. The second-order valence-corrected chi connectivity index (χ2v) is 5.86. The first-order chi connectivity index (χ1) is 9.49. The van der Waals surface area contributed by atoms with Gasteiger partial charge in [0.2, 0.25) is 0 Å². The van der Waals surface area contributed by atoms with Gasteiger partial charge in [0.05, 0.1) is 6.10 Å². The molecule has 1 aliphatic heterocycles. The van der Waals surface area contributed by atoms with E-state index in [0.717, 1.165) is 25.1 Å². The van der Waals surface area contributed by atoms with E-state index in [9.17, 15) is 9.50 Å². The third kappa shape index (κ3) is 3.76. The van der Waals surface area contributed by atoms with Crippen LogP contribution in [0, 0.1) is 5.82 Å². The first-order valence-corrected chi connectivity index (χ1v) is 7.03. The van der Waals surface area contributed by atoms with Crippen molar-refractivity contribution < 1.29 is 9.50 Å². The van der Waals surface area contributed by atoms with E-state index < -0.39 is 0 Å². The van der Waals surface area contributed by atoms with Crippen molar-refractivity contribution in [3.63, 3.8) is 0 Å². The van der Waals surface area contributed by atoms with E-state index in [-0.39, 0.29) is 18.5 Å². The minimum Gasteiger partial charge on any atom is -0.392 e. The van der Waals surface area contributed by atoms with Gasteiger partial charge in [-0.15, -0.1) is 0 Å². The zero-order valence-electron chi connectivity index (χ0n) is 12.2. The van der Waals surface area contributed by atoms with Crippen LogP contribution in [-0.4, -0.2) is 54.2 Å². The van der Waals surface area contributed by atoms with Gasteiger partial charge < -0.3 is 15.7 Å². The second kappa shape index (κ2) is 6.63. The van der Waals surface area contributed by atoms with Crippen molar-refractivity contribution in [1.82, 2.24) is 9.80 Å². The summed E-state index contributed by atoms with van der Waals surface area (Å²) in [7, 11) is 4.07. The van der Waals surface area contributed by atoms with Gasteiger partial charge in [-0.1, -0.05) is 12.1 Å². The van der Waals surface area contributed by atoms with Crippen LogP contribution in [0.3, 0.4) is 0 Å². The fourth-order valence-corrected chi connectivity index (χ4v) is 2.88. The number of halogens is 1. The van der Waals surface area contributed by atoms with Crippen molar-refractivity contribution in [3.05, 3.63) is 35.1 Å². The summed E-state index contributed by atoms with van der Waals surface area (Å²) in [6.07, 6.45) is 0.526. The number of nitrogens with zero attached hydrogens (tertiary/aromatic N) is 2. The monoisotopic (exact) mass is 281 g/mol. The first-order valence-electron chi connectivity index (χ1n) is 7.03. The normalized spacial score (nSPS) is 23.7. The fraction of sp³-hybridized carbons (Fsp3) is 0.600. The second-order valence-electron chi connectivity index (χ2n) is 5.86. The summed E-state index contributed by atoms with van der Waals surface area (Å²) in [6.45, 7) is 2.53. The molecule has 0 saturated carbocycles. The Hall–Kier alpha value is -1.01. The van der Waals surface area contributed by atoms with Gasteiger partial charge >= 0.3 is 0 Å². The SMILES string of the molecule is CN(C)CC1CC(O)CN1Cc1ccc(F)c(CN)c1. The lowest BCUT2D eigenvalue weighted by molar-refractivity contribution is 0.169. The predicted octanol–water partition coefficient (Wildman–Crippen LogP) is 0.781. The zero-order chi connectivity index (χ0) is 14.7. The Balaban J connectivity index is 2.07. The van der Waals surface area contributed by atoms with Crippen molar-refractivity contribution in [2.75, 3.05) is 27.2 Å². The molecule has 1 aromatic rings. The van der Waals surface area contributed by atoms with Crippen LogP contribution < -0.4 is 5.73 Å². The maximum absolute atomic E-state index is 13.5. The van der Waals surface area contributed by atoms with Crippen LogP contribution in [-0.2, 0) is 13.1 Å². The zero-order valence-corrected chi connectivity index (χ0v) is 12.2. The highest BCUT2D eigenvalue weighted by molar-refractivity contribution is 5.25. The molecule has 0 radical (unpaired) electrons. The lowest BCUT2D eigenvalue weighted by Crippen LogP contribution is -2.37. The van der Waals surface area contributed by atoms with Crippen molar-refractivity contribution >= 4 is 0 Å². The standard InChI is InChI=1S/C15H24FN3O/c1-18(2)9-13-6-14(20)10-19(13)8-11-3-4-15(16)12(5-11)7-17/h3-5,13-14,20H,6-10,17H2,1-2H3. The highest BCUT2D eigenvalue weighted by atomic mass is 19.1. The van der Waals surface area contributed by atoms with Gasteiger partial charge in [0, 0.05) is 37.8 Å². The summed E-state index contributed by atoms with van der Waals surface area (Å²) in [5.74, 6) is -0.248. The van der Waals surface area contributed by atoms with E-state index in [2.05, 4.69) is 9.80 Å². The third-order valence-corrected chi connectivity index (χ3v) is 3.80. The molecule has 1 saturated heterocycles. The summed E-state index contributed by atoms with van der Waals surface area (Å²) < 4.78 is 13.5. The molecule has 2 rings (SSSR count). The molecular weight excluding hydrogens is 257 g/mol. The van der Waals surface area contributed by atoms with Gasteiger partial charge in [-0.3, -0.25) is 4.90 Å². The number of hydrogen-bond donors (Lipinski definition) is 2.